The number of halogens is 1. The van der Waals surface area contributed by atoms with Crippen LogP contribution in [0.1, 0.15) is 33.4 Å². The molecule has 0 bridgehead atoms. The molecule has 2 aromatic rings. The molecule has 0 unspecified atom stereocenters. The van der Waals surface area contributed by atoms with Crippen molar-refractivity contribution in [1.29, 1.82) is 0 Å². The van der Waals surface area contributed by atoms with Crippen LogP contribution < -0.4 is 10.0 Å². The normalized spacial score (nSPS) is 13.5. The van der Waals surface area contributed by atoms with Crippen LogP contribution in [0.5, 0.6) is 0 Å². The highest BCUT2D eigenvalue weighted by atomic mass is 32.2. The van der Waals surface area contributed by atoms with Crippen LogP contribution in [0, 0.1) is 5.82 Å². The van der Waals surface area contributed by atoms with Gasteiger partial charge in [0.2, 0.25) is 15.9 Å². The first kappa shape index (κ1) is 19.5. The highest BCUT2D eigenvalue weighted by Crippen LogP contribution is 2.26. The molecule has 25 heavy (non-hydrogen) atoms. The van der Waals surface area contributed by atoms with Gasteiger partial charge in [-0.1, -0.05) is 32.9 Å². The summed E-state index contributed by atoms with van der Waals surface area (Å²) in [6.45, 7) is 7.38. The minimum atomic E-state index is -4.15. The first-order valence-corrected chi connectivity index (χ1v) is 9.91. The van der Waals surface area contributed by atoms with Crippen molar-refractivity contribution in [2.24, 2.45) is 0 Å². The van der Waals surface area contributed by atoms with Gasteiger partial charge in [-0.15, -0.1) is 11.3 Å². The molecule has 6 nitrogen and oxygen atoms in total. The summed E-state index contributed by atoms with van der Waals surface area (Å²) < 4.78 is 40.3. The second-order valence-corrected chi connectivity index (χ2v) is 9.09. The van der Waals surface area contributed by atoms with E-state index < -0.39 is 32.7 Å². The predicted octanol–water partition coefficient (Wildman–Crippen LogP) is 2.89. The van der Waals surface area contributed by atoms with E-state index in [-0.39, 0.29) is 5.41 Å². The molecule has 0 radical (unpaired) electrons. The van der Waals surface area contributed by atoms with Crippen molar-refractivity contribution >= 4 is 32.4 Å². The molecule has 0 aliphatic heterocycles. The van der Waals surface area contributed by atoms with Gasteiger partial charge in [0.15, 0.2) is 5.13 Å². The SMILES string of the molecule is C[C@H](NS(=O)(=O)c1ccccc1F)C(=O)Nc1nc(C(C)(C)C)cs1. The number of amides is 1. The highest BCUT2D eigenvalue weighted by Gasteiger charge is 2.25. The molecule has 0 aliphatic carbocycles. The van der Waals surface area contributed by atoms with Gasteiger partial charge in [0.25, 0.3) is 0 Å². The van der Waals surface area contributed by atoms with E-state index in [4.69, 9.17) is 0 Å². The maximum Gasteiger partial charge on any atom is 0.244 e. The number of carbonyl (C=O) groups excluding carboxylic acids is 1. The van der Waals surface area contributed by atoms with Gasteiger partial charge in [-0.05, 0) is 19.1 Å². The number of nitrogens with one attached hydrogen (secondary N) is 2. The van der Waals surface area contributed by atoms with Crippen LogP contribution in [0.3, 0.4) is 0 Å². The highest BCUT2D eigenvalue weighted by molar-refractivity contribution is 7.89. The van der Waals surface area contributed by atoms with E-state index in [2.05, 4.69) is 15.0 Å². The Kier molecular flexibility index (Phi) is 5.60. The molecule has 1 aromatic heterocycles. The Morgan fingerprint density at radius 1 is 1.28 bits per heavy atom. The minimum Gasteiger partial charge on any atom is -0.301 e. The number of aromatic nitrogens is 1. The summed E-state index contributed by atoms with van der Waals surface area (Å²) in [5.41, 5.74) is 0.671. The molecule has 9 heteroatoms. The summed E-state index contributed by atoms with van der Waals surface area (Å²) in [6, 6.07) is 3.89. The summed E-state index contributed by atoms with van der Waals surface area (Å²) in [4.78, 5) is 16.0. The third-order valence-corrected chi connectivity index (χ3v) is 5.69. The Hall–Kier alpha value is -1.84. The molecule has 0 fully saturated rings. The molecule has 1 heterocycles. The number of hydrogen-bond donors (Lipinski definition) is 2. The lowest BCUT2D eigenvalue weighted by Gasteiger charge is -2.15. The smallest absolute Gasteiger partial charge is 0.244 e. The molecule has 136 valence electrons. The first-order chi connectivity index (χ1) is 11.5. The van der Waals surface area contributed by atoms with Gasteiger partial charge in [-0.3, -0.25) is 4.79 Å². The van der Waals surface area contributed by atoms with Crippen molar-refractivity contribution in [3.8, 4) is 0 Å². The van der Waals surface area contributed by atoms with E-state index in [0.717, 1.165) is 17.8 Å². The molecule has 1 amide bonds. The lowest BCUT2D eigenvalue weighted by Crippen LogP contribution is -2.41. The van der Waals surface area contributed by atoms with Crippen molar-refractivity contribution in [3.63, 3.8) is 0 Å². The largest absolute Gasteiger partial charge is 0.301 e. The monoisotopic (exact) mass is 385 g/mol. The zero-order valence-corrected chi connectivity index (χ0v) is 16.0. The van der Waals surface area contributed by atoms with Gasteiger partial charge in [0.1, 0.15) is 10.7 Å². The fraction of sp³-hybridized carbons (Fsp3) is 0.375. The number of sulfonamides is 1. The van der Waals surface area contributed by atoms with Gasteiger partial charge < -0.3 is 5.32 Å². The van der Waals surface area contributed by atoms with Crippen LogP contribution in [0.15, 0.2) is 34.5 Å². The predicted molar refractivity (Wildman–Crippen MR) is 95.6 cm³/mol. The summed E-state index contributed by atoms with van der Waals surface area (Å²) in [5.74, 6) is -1.45. The summed E-state index contributed by atoms with van der Waals surface area (Å²) in [7, 11) is -4.15. The van der Waals surface area contributed by atoms with Crippen molar-refractivity contribution in [3.05, 3.63) is 41.2 Å². The van der Waals surface area contributed by atoms with Crippen molar-refractivity contribution in [2.45, 2.75) is 44.0 Å². The number of thiazole rings is 1. The van der Waals surface area contributed by atoms with E-state index in [9.17, 15) is 17.6 Å². The number of anilines is 1. The Morgan fingerprint density at radius 3 is 2.48 bits per heavy atom. The minimum absolute atomic E-state index is 0.155. The molecule has 0 saturated heterocycles. The van der Waals surface area contributed by atoms with Crippen molar-refractivity contribution < 1.29 is 17.6 Å². The molecule has 1 aromatic carbocycles. The van der Waals surface area contributed by atoms with E-state index >= 15 is 0 Å². The summed E-state index contributed by atoms with van der Waals surface area (Å²) in [6.07, 6.45) is 0. The average Bonchev–Trinajstić information content (AvgIpc) is 2.95. The molecule has 1 atom stereocenters. The second-order valence-electron chi connectivity index (χ2n) is 6.55. The van der Waals surface area contributed by atoms with Gasteiger partial charge >= 0.3 is 0 Å². The Bertz CT molecular complexity index is 873. The van der Waals surface area contributed by atoms with E-state index in [0.29, 0.717) is 5.13 Å². The number of carbonyl (C=O) groups is 1. The topological polar surface area (TPSA) is 88.2 Å². The number of hydrogen-bond acceptors (Lipinski definition) is 5. The zero-order chi connectivity index (χ0) is 18.8. The number of benzene rings is 1. The third-order valence-electron chi connectivity index (χ3n) is 3.35. The van der Waals surface area contributed by atoms with Gasteiger partial charge in [-0.25, -0.2) is 17.8 Å². The van der Waals surface area contributed by atoms with E-state index in [1.54, 1.807) is 0 Å². The maximum atomic E-state index is 13.7. The fourth-order valence-corrected chi connectivity index (χ4v) is 4.12. The first-order valence-electron chi connectivity index (χ1n) is 7.54. The van der Waals surface area contributed by atoms with Crippen LogP contribution in [0.25, 0.3) is 0 Å². The molecule has 0 spiro atoms. The molecule has 2 rings (SSSR count). The molecule has 2 N–H and O–H groups in total. The fourth-order valence-electron chi connectivity index (χ4n) is 1.90. The zero-order valence-electron chi connectivity index (χ0n) is 14.3. The number of rotatable bonds is 5. The quantitative estimate of drug-likeness (QED) is 0.828. The Labute approximate surface area is 150 Å². The van der Waals surface area contributed by atoms with Gasteiger partial charge in [0, 0.05) is 10.8 Å². The third kappa shape index (κ3) is 4.83. The number of nitrogens with zero attached hydrogens (tertiary/aromatic N) is 1. The van der Waals surface area contributed by atoms with E-state index in [1.165, 1.54) is 30.4 Å². The molecular formula is C16H20FN3O3S2. The van der Waals surface area contributed by atoms with Crippen LogP contribution >= 0.6 is 11.3 Å². The molecule has 0 saturated carbocycles. The van der Waals surface area contributed by atoms with Crippen molar-refractivity contribution in [2.75, 3.05) is 5.32 Å². The maximum absolute atomic E-state index is 13.7. The lowest BCUT2D eigenvalue weighted by molar-refractivity contribution is -0.117. The standard InChI is InChI=1S/C16H20FN3O3S2/c1-10(20-25(22,23)12-8-6-5-7-11(12)17)14(21)19-15-18-13(9-24-15)16(2,3)4/h5-10,20H,1-4H3,(H,18,19,21)/t10-/m0/s1. The van der Waals surface area contributed by atoms with Gasteiger partial charge in [0.05, 0.1) is 11.7 Å². The lowest BCUT2D eigenvalue weighted by atomic mass is 9.93. The van der Waals surface area contributed by atoms with Crippen molar-refractivity contribution in [1.82, 2.24) is 9.71 Å². The summed E-state index contributed by atoms with van der Waals surface area (Å²) in [5, 5.41) is 4.79. The van der Waals surface area contributed by atoms with Crippen LogP contribution in [-0.2, 0) is 20.2 Å². The van der Waals surface area contributed by atoms with Gasteiger partial charge in [-0.2, -0.15) is 4.72 Å². The van der Waals surface area contributed by atoms with Crippen LogP contribution in [0.2, 0.25) is 0 Å². The van der Waals surface area contributed by atoms with Crippen LogP contribution in [-0.4, -0.2) is 25.4 Å². The Morgan fingerprint density at radius 2 is 1.92 bits per heavy atom. The molecule has 0 aliphatic rings. The Balaban J connectivity index is 2.08. The summed E-state index contributed by atoms with van der Waals surface area (Å²) >= 11 is 1.26. The van der Waals surface area contributed by atoms with Crippen LogP contribution in [0.4, 0.5) is 9.52 Å². The second kappa shape index (κ2) is 7.19. The molecular weight excluding hydrogens is 365 g/mol. The average molecular weight is 385 g/mol. The van der Waals surface area contributed by atoms with E-state index in [1.807, 2.05) is 26.2 Å².